The predicted octanol–water partition coefficient (Wildman–Crippen LogP) is 4.25. The standard InChI is InChI=1S/C14H19ClS/c1-16-10-9-14(11-15)8-4-6-12-5-2-3-7-13(12)14/h2-3,5,7H,4,6,8-11H2,1H3. The number of fused-ring (bicyclic) bond motifs is 1. The van der Waals surface area contributed by atoms with Crippen LogP contribution in [0.2, 0.25) is 0 Å². The lowest BCUT2D eigenvalue weighted by Crippen LogP contribution is -2.33. The number of hydrogen-bond donors (Lipinski definition) is 0. The van der Waals surface area contributed by atoms with Crippen molar-refractivity contribution >= 4 is 23.4 Å². The third-order valence-electron chi connectivity index (χ3n) is 3.73. The van der Waals surface area contributed by atoms with Gasteiger partial charge in [-0.05, 0) is 48.8 Å². The van der Waals surface area contributed by atoms with Gasteiger partial charge < -0.3 is 0 Å². The molecule has 0 N–H and O–H groups in total. The Morgan fingerprint density at radius 1 is 1.38 bits per heavy atom. The van der Waals surface area contributed by atoms with Crippen LogP contribution >= 0.6 is 23.4 Å². The molecule has 0 bridgehead atoms. The van der Waals surface area contributed by atoms with Gasteiger partial charge in [-0.15, -0.1) is 11.6 Å². The summed E-state index contributed by atoms with van der Waals surface area (Å²) in [6.45, 7) is 0. The molecule has 0 amide bonds. The number of aryl methyl sites for hydroxylation is 1. The Labute approximate surface area is 108 Å². The summed E-state index contributed by atoms with van der Waals surface area (Å²) in [5.41, 5.74) is 3.29. The van der Waals surface area contributed by atoms with Gasteiger partial charge in [0.15, 0.2) is 0 Å². The van der Waals surface area contributed by atoms with Gasteiger partial charge in [-0.1, -0.05) is 24.3 Å². The van der Waals surface area contributed by atoms with Crippen molar-refractivity contribution in [2.45, 2.75) is 31.1 Å². The number of thioether (sulfide) groups is 1. The van der Waals surface area contributed by atoms with E-state index in [1.807, 2.05) is 11.8 Å². The Morgan fingerprint density at radius 2 is 2.19 bits per heavy atom. The molecule has 0 fully saturated rings. The quantitative estimate of drug-likeness (QED) is 0.724. The molecule has 1 unspecified atom stereocenters. The summed E-state index contributed by atoms with van der Waals surface area (Å²) in [6.07, 6.45) is 7.17. The van der Waals surface area contributed by atoms with E-state index in [2.05, 4.69) is 30.5 Å². The van der Waals surface area contributed by atoms with Crippen LogP contribution in [0.3, 0.4) is 0 Å². The zero-order valence-electron chi connectivity index (χ0n) is 9.84. The van der Waals surface area contributed by atoms with E-state index in [0.717, 1.165) is 5.88 Å². The van der Waals surface area contributed by atoms with E-state index in [4.69, 9.17) is 11.6 Å². The fourth-order valence-electron chi connectivity index (χ4n) is 2.77. The Morgan fingerprint density at radius 3 is 2.94 bits per heavy atom. The molecule has 0 nitrogen and oxygen atoms in total. The first-order valence-corrected chi connectivity index (χ1v) is 7.88. The summed E-state index contributed by atoms with van der Waals surface area (Å²) >= 11 is 8.22. The molecule has 0 aliphatic heterocycles. The Hall–Kier alpha value is -0.140. The number of alkyl halides is 1. The molecule has 1 aromatic carbocycles. The van der Waals surface area contributed by atoms with Crippen molar-refractivity contribution in [2.24, 2.45) is 0 Å². The Balaban J connectivity index is 2.33. The van der Waals surface area contributed by atoms with Crippen LogP contribution < -0.4 is 0 Å². The molecular weight excluding hydrogens is 236 g/mol. The van der Waals surface area contributed by atoms with E-state index < -0.39 is 0 Å². The molecule has 0 aromatic heterocycles. The predicted molar refractivity (Wildman–Crippen MR) is 74.8 cm³/mol. The number of halogens is 1. The lowest BCUT2D eigenvalue weighted by Gasteiger charge is -2.37. The summed E-state index contributed by atoms with van der Waals surface area (Å²) in [6, 6.07) is 8.87. The van der Waals surface area contributed by atoms with E-state index in [0.29, 0.717) is 0 Å². The second kappa shape index (κ2) is 5.46. The molecule has 1 aliphatic rings. The van der Waals surface area contributed by atoms with E-state index in [1.54, 1.807) is 0 Å². The van der Waals surface area contributed by atoms with Crippen LogP contribution in [0, 0.1) is 0 Å². The molecule has 1 atom stereocenters. The zero-order chi connectivity index (χ0) is 11.4. The smallest absolute Gasteiger partial charge is 0.0320 e. The van der Waals surface area contributed by atoms with Gasteiger partial charge in [-0.25, -0.2) is 0 Å². The molecular formula is C14H19ClS. The highest BCUT2D eigenvalue weighted by atomic mass is 35.5. The largest absolute Gasteiger partial charge is 0.165 e. The molecule has 16 heavy (non-hydrogen) atoms. The van der Waals surface area contributed by atoms with Crippen LogP contribution in [0.1, 0.15) is 30.4 Å². The minimum Gasteiger partial charge on any atom is -0.165 e. The summed E-state index contributed by atoms with van der Waals surface area (Å²) in [5.74, 6) is 1.98. The monoisotopic (exact) mass is 254 g/mol. The molecule has 1 aromatic rings. The number of rotatable bonds is 4. The van der Waals surface area contributed by atoms with Gasteiger partial charge >= 0.3 is 0 Å². The highest BCUT2D eigenvalue weighted by Crippen LogP contribution is 2.41. The van der Waals surface area contributed by atoms with Crippen LogP contribution in [-0.2, 0) is 11.8 Å². The fourth-order valence-corrected chi connectivity index (χ4v) is 3.78. The summed E-state index contributed by atoms with van der Waals surface area (Å²) in [7, 11) is 0. The zero-order valence-corrected chi connectivity index (χ0v) is 11.4. The van der Waals surface area contributed by atoms with Gasteiger partial charge in [0, 0.05) is 11.3 Å². The normalized spacial score (nSPS) is 24.1. The molecule has 0 heterocycles. The van der Waals surface area contributed by atoms with Crippen molar-refractivity contribution in [3.63, 3.8) is 0 Å². The minimum atomic E-state index is 0.249. The van der Waals surface area contributed by atoms with Crippen molar-refractivity contribution in [3.05, 3.63) is 35.4 Å². The number of benzene rings is 1. The van der Waals surface area contributed by atoms with Crippen molar-refractivity contribution in [3.8, 4) is 0 Å². The first-order valence-electron chi connectivity index (χ1n) is 5.96. The summed E-state index contributed by atoms with van der Waals surface area (Å²) in [4.78, 5) is 0. The average molecular weight is 255 g/mol. The SMILES string of the molecule is CSCCC1(CCl)CCCc2ccccc21. The lowest BCUT2D eigenvalue weighted by molar-refractivity contribution is 0.389. The van der Waals surface area contributed by atoms with Crippen molar-refractivity contribution < 1.29 is 0 Å². The number of hydrogen-bond acceptors (Lipinski definition) is 1. The third kappa shape index (κ3) is 2.26. The highest BCUT2D eigenvalue weighted by Gasteiger charge is 2.34. The second-order valence-electron chi connectivity index (χ2n) is 4.67. The first kappa shape index (κ1) is 12.3. The van der Waals surface area contributed by atoms with Gasteiger partial charge in [-0.2, -0.15) is 11.8 Å². The van der Waals surface area contributed by atoms with Crippen LogP contribution in [-0.4, -0.2) is 17.9 Å². The molecule has 2 rings (SSSR count). The van der Waals surface area contributed by atoms with Crippen LogP contribution in [0.25, 0.3) is 0 Å². The molecule has 0 radical (unpaired) electrons. The van der Waals surface area contributed by atoms with Gasteiger partial charge in [0.05, 0.1) is 0 Å². The average Bonchev–Trinajstić information content (AvgIpc) is 2.36. The molecule has 1 aliphatic carbocycles. The van der Waals surface area contributed by atoms with Gasteiger partial charge in [0.1, 0.15) is 0 Å². The maximum atomic E-state index is 6.29. The second-order valence-corrected chi connectivity index (χ2v) is 5.92. The lowest BCUT2D eigenvalue weighted by atomic mass is 9.69. The third-order valence-corrected chi connectivity index (χ3v) is 4.85. The van der Waals surface area contributed by atoms with Gasteiger partial charge in [0.2, 0.25) is 0 Å². The minimum absolute atomic E-state index is 0.249. The van der Waals surface area contributed by atoms with Gasteiger partial charge in [-0.3, -0.25) is 0 Å². The molecule has 0 saturated carbocycles. The highest BCUT2D eigenvalue weighted by molar-refractivity contribution is 7.98. The van der Waals surface area contributed by atoms with Crippen molar-refractivity contribution in [2.75, 3.05) is 17.9 Å². The van der Waals surface area contributed by atoms with Crippen molar-refractivity contribution in [1.29, 1.82) is 0 Å². The van der Waals surface area contributed by atoms with Crippen LogP contribution in [0.15, 0.2) is 24.3 Å². The Kier molecular flexibility index (Phi) is 4.21. The van der Waals surface area contributed by atoms with Crippen LogP contribution in [0.4, 0.5) is 0 Å². The topological polar surface area (TPSA) is 0 Å². The van der Waals surface area contributed by atoms with E-state index in [9.17, 15) is 0 Å². The van der Waals surface area contributed by atoms with E-state index in [1.165, 1.54) is 42.6 Å². The van der Waals surface area contributed by atoms with Gasteiger partial charge in [0.25, 0.3) is 0 Å². The maximum Gasteiger partial charge on any atom is 0.0320 e. The van der Waals surface area contributed by atoms with Crippen LogP contribution in [0.5, 0.6) is 0 Å². The summed E-state index contributed by atoms with van der Waals surface area (Å²) in [5, 5.41) is 0. The van der Waals surface area contributed by atoms with E-state index in [-0.39, 0.29) is 5.41 Å². The Bertz CT molecular complexity index is 350. The summed E-state index contributed by atoms with van der Waals surface area (Å²) < 4.78 is 0. The molecule has 2 heteroatoms. The first-order chi connectivity index (χ1) is 7.82. The van der Waals surface area contributed by atoms with E-state index >= 15 is 0 Å². The molecule has 0 spiro atoms. The molecule has 88 valence electrons. The molecule has 0 saturated heterocycles. The maximum absolute atomic E-state index is 6.29. The fraction of sp³-hybridized carbons (Fsp3) is 0.571. The van der Waals surface area contributed by atoms with Crippen molar-refractivity contribution in [1.82, 2.24) is 0 Å².